The lowest BCUT2D eigenvalue weighted by atomic mass is 10.1. The molecule has 4 rings (SSSR count). The number of aryl methyl sites for hydroxylation is 1. The molecule has 2 aromatic heterocycles. The van der Waals surface area contributed by atoms with Crippen molar-refractivity contribution in [3.8, 4) is 0 Å². The van der Waals surface area contributed by atoms with E-state index in [0.29, 0.717) is 18.9 Å². The van der Waals surface area contributed by atoms with Gasteiger partial charge >= 0.3 is 6.09 Å². The number of para-hydroxylation sites is 1. The van der Waals surface area contributed by atoms with Gasteiger partial charge in [-0.05, 0) is 23.6 Å². The monoisotopic (exact) mass is 417 g/mol. The number of rotatable bonds is 7. The SMILES string of the molecule is CCCCc1nc2c(N)nc3ccccc3c2n1Cc1ccc(CNC(=O)OC)cc1. The van der Waals surface area contributed by atoms with Gasteiger partial charge in [-0.3, -0.25) is 0 Å². The molecule has 0 atom stereocenters. The Morgan fingerprint density at radius 2 is 1.84 bits per heavy atom. The zero-order chi connectivity index (χ0) is 21.8. The van der Waals surface area contributed by atoms with Crippen LogP contribution in [-0.4, -0.2) is 27.7 Å². The largest absolute Gasteiger partial charge is 0.453 e. The van der Waals surface area contributed by atoms with Gasteiger partial charge in [0.05, 0.1) is 18.1 Å². The Labute approximate surface area is 181 Å². The number of amides is 1. The molecule has 3 N–H and O–H groups in total. The highest BCUT2D eigenvalue weighted by Crippen LogP contribution is 2.30. The molecule has 2 aromatic carbocycles. The molecule has 0 saturated carbocycles. The molecule has 0 aliphatic heterocycles. The zero-order valence-corrected chi connectivity index (χ0v) is 17.9. The van der Waals surface area contributed by atoms with Crippen molar-refractivity contribution in [3.63, 3.8) is 0 Å². The van der Waals surface area contributed by atoms with E-state index in [-0.39, 0.29) is 0 Å². The fourth-order valence-corrected chi connectivity index (χ4v) is 3.79. The number of hydrogen-bond donors (Lipinski definition) is 2. The number of methoxy groups -OCH3 is 1. The Hall–Kier alpha value is -3.61. The molecule has 31 heavy (non-hydrogen) atoms. The van der Waals surface area contributed by atoms with E-state index in [1.165, 1.54) is 7.11 Å². The number of nitrogens with zero attached hydrogens (tertiary/aromatic N) is 3. The normalized spacial score (nSPS) is 11.2. The Kier molecular flexibility index (Phi) is 6.02. The number of anilines is 1. The van der Waals surface area contributed by atoms with Crippen molar-refractivity contribution in [3.05, 3.63) is 65.5 Å². The number of hydrogen-bond acceptors (Lipinski definition) is 5. The highest BCUT2D eigenvalue weighted by Gasteiger charge is 2.17. The standard InChI is InChI=1S/C24H27N5O2/c1-3-4-9-20-28-21-22(18-7-5-6-8-19(18)27-23(21)25)29(20)15-17-12-10-16(11-13-17)14-26-24(30)31-2/h5-8,10-13H,3-4,9,14-15H2,1-2H3,(H2,25,27)(H,26,30). The van der Waals surface area contributed by atoms with Gasteiger partial charge in [-0.25, -0.2) is 14.8 Å². The van der Waals surface area contributed by atoms with E-state index >= 15 is 0 Å². The molecule has 0 aliphatic rings. The number of carbonyl (C=O) groups excluding carboxylic acids is 1. The molecule has 0 aliphatic carbocycles. The number of nitrogen functional groups attached to an aromatic ring is 1. The lowest BCUT2D eigenvalue weighted by Gasteiger charge is -2.12. The summed E-state index contributed by atoms with van der Waals surface area (Å²) >= 11 is 0. The average molecular weight is 418 g/mol. The first-order valence-electron chi connectivity index (χ1n) is 10.5. The first-order valence-corrected chi connectivity index (χ1v) is 10.5. The van der Waals surface area contributed by atoms with E-state index < -0.39 is 6.09 Å². The van der Waals surface area contributed by atoms with Gasteiger partial charge in [-0.1, -0.05) is 55.8 Å². The average Bonchev–Trinajstić information content (AvgIpc) is 3.16. The van der Waals surface area contributed by atoms with Crippen molar-refractivity contribution < 1.29 is 9.53 Å². The summed E-state index contributed by atoms with van der Waals surface area (Å²) in [5.74, 6) is 1.49. The third-order valence-corrected chi connectivity index (χ3v) is 5.43. The fraction of sp³-hybridized carbons (Fsp3) is 0.292. The van der Waals surface area contributed by atoms with Crippen LogP contribution in [0.2, 0.25) is 0 Å². The van der Waals surface area contributed by atoms with Crippen molar-refractivity contribution in [1.82, 2.24) is 19.9 Å². The van der Waals surface area contributed by atoms with Crippen LogP contribution in [0.15, 0.2) is 48.5 Å². The Balaban J connectivity index is 1.72. The summed E-state index contributed by atoms with van der Waals surface area (Å²) in [7, 11) is 1.36. The zero-order valence-electron chi connectivity index (χ0n) is 17.9. The third kappa shape index (κ3) is 4.30. The molecule has 7 nitrogen and oxygen atoms in total. The van der Waals surface area contributed by atoms with Crippen LogP contribution >= 0.6 is 0 Å². The van der Waals surface area contributed by atoms with Crippen LogP contribution in [0.1, 0.15) is 36.7 Å². The number of imidazole rings is 1. The second kappa shape index (κ2) is 9.04. The summed E-state index contributed by atoms with van der Waals surface area (Å²) < 4.78 is 6.89. The van der Waals surface area contributed by atoms with Gasteiger partial charge < -0.3 is 20.4 Å². The summed E-state index contributed by atoms with van der Waals surface area (Å²) in [5, 5.41) is 3.76. The van der Waals surface area contributed by atoms with Gasteiger partial charge in [0.2, 0.25) is 0 Å². The summed E-state index contributed by atoms with van der Waals surface area (Å²) in [6, 6.07) is 16.2. The predicted molar refractivity (Wildman–Crippen MR) is 123 cm³/mol. The molecular weight excluding hydrogens is 390 g/mol. The van der Waals surface area contributed by atoms with Crippen molar-refractivity contribution in [2.45, 2.75) is 39.3 Å². The molecule has 160 valence electrons. The van der Waals surface area contributed by atoms with Gasteiger partial charge in [0.1, 0.15) is 11.3 Å². The molecule has 0 unspecified atom stereocenters. The van der Waals surface area contributed by atoms with E-state index in [9.17, 15) is 4.79 Å². The molecule has 0 saturated heterocycles. The smallest absolute Gasteiger partial charge is 0.407 e. The summed E-state index contributed by atoms with van der Waals surface area (Å²) in [4.78, 5) is 20.7. The van der Waals surface area contributed by atoms with E-state index in [1.54, 1.807) is 0 Å². The molecule has 0 spiro atoms. The third-order valence-electron chi connectivity index (χ3n) is 5.43. The van der Waals surface area contributed by atoms with Crippen LogP contribution in [0, 0.1) is 0 Å². The summed E-state index contributed by atoms with van der Waals surface area (Å²) in [5.41, 5.74) is 11.1. The number of unbranched alkanes of at least 4 members (excludes halogenated alkanes) is 1. The number of pyridine rings is 1. The second-order valence-electron chi connectivity index (χ2n) is 7.59. The maximum absolute atomic E-state index is 11.3. The number of nitrogens with one attached hydrogen (secondary N) is 1. The van der Waals surface area contributed by atoms with Crippen LogP contribution in [0.4, 0.5) is 10.6 Å². The topological polar surface area (TPSA) is 95.1 Å². The van der Waals surface area contributed by atoms with Gasteiger partial charge in [-0.15, -0.1) is 0 Å². The summed E-state index contributed by atoms with van der Waals surface area (Å²) in [6.45, 7) is 3.29. The maximum atomic E-state index is 11.3. The highest BCUT2D eigenvalue weighted by atomic mass is 16.5. The lowest BCUT2D eigenvalue weighted by Crippen LogP contribution is -2.22. The minimum Gasteiger partial charge on any atom is -0.453 e. The van der Waals surface area contributed by atoms with E-state index in [4.69, 9.17) is 10.7 Å². The van der Waals surface area contributed by atoms with Crippen molar-refractivity contribution in [2.75, 3.05) is 12.8 Å². The van der Waals surface area contributed by atoms with Crippen molar-refractivity contribution >= 4 is 33.8 Å². The van der Waals surface area contributed by atoms with Crippen LogP contribution in [0.5, 0.6) is 0 Å². The van der Waals surface area contributed by atoms with Crippen LogP contribution < -0.4 is 11.1 Å². The molecular formula is C24H27N5O2. The van der Waals surface area contributed by atoms with Gasteiger partial charge in [0.25, 0.3) is 0 Å². The van der Waals surface area contributed by atoms with E-state index in [0.717, 1.165) is 58.2 Å². The fourth-order valence-electron chi connectivity index (χ4n) is 3.79. The minimum atomic E-state index is -0.437. The Morgan fingerprint density at radius 1 is 1.10 bits per heavy atom. The van der Waals surface area contributed by atoms with Crippen LogP contribution in [0.25, 0.3) is 21.9 Å². The number of benzene rings is 2. The Morgan fingerprint density at radius 3 is 2.58 bits per heavy atom. The van der Waals surface area contributed by atoms with Crippen LogP contribution in [-0.2, 0) is 24.2 Å². The minimum absolute atomic E-state index is 0.426. The number of aromatic nitrogens is 3. The first-order chi connectivity index (χ1) is 15.1. The molecule has 2 heterocycles. The van der Waals surface area contributed by atoms with Crippen LogP contribution in [0.3, 0.4) is 0 Å². The number of ether oxygens (including phenoxy) is 1. The predicted octanol–water partition coefficient (Wildman–Crippen LogP) is 4.41. The molecule has 7 heteroatoms. The number of nitrogens with two attached hydrogens (primary N) is 1. The molecule has 4 aromatic rings. The first kappa shape index (κ1) is 20.7. The second-order valence-corrected chi connectivity index (χ2v) is 7.59. The van der Waals surface area contributed by atoms with Crippen molar-refractivity contribution in [2.24, 2.45) is 0 Å². The van der Waals surface area contributed by atoms with Gasteiger partial charge in [0, 0.05) is 24.9 Å². The van der Waals surface area contributed by atoms with E-state index in [1.807, 2.05) is 30.3 Å². The number of fused-ring (bicyclic) bond motifs is 3. The van der Waals surface area contributed by atoms with Gasteiger partial charge in [-0.2, -0.15) is 0 Å². The molecule has 0 radical (unpaired) electrons. The molecule has 1 amide bonds. The lowest BCUT2D eigenvalue weighted by molar-refractivity contribution is 0.170. The highest BCUT2D eigenvalue weighted by molar-refractivity contribution is 6.06. The van der Waals surface area contributed by atoms with E-state index in [2.05, 4.69) is 44.7 Å². The quantitative estimate of drug-likeness (QED) is 0.464. The number of alkyl carbamates (subject to hydrolysis) is 1. The Bertz CT molecular complexity index is 1210. The maximum Gasteiger partial charge on any atom is 0.407 e. The molecule has 0 fully saturated rings. The summed E-state index contributed by atoms with van der Waals surface area (Å²) in [6.07, 6.45) is 2.61. The van der Waals surface area contributed by atoms with Gasteiger partial charge in [0.15, 0.2) is 5.82 Å². The number of carbonyl (C=O) groups is 1. The van der Waals surface area contributed by atoms with Crippen molar-refractivity contribution in [1.29, 1.82) is 0 Å². The molecule has 0 bridgehead atoms.